The molecule has 2 heterocycles. The van der Waals surface area contributed by atoms with E-state index in [1.54, 1.807) is 6.07 Å². The molecule has 0 spiro atoms. The van der Waals surface area contributed by atoms with Crippen molar-refractivity contribution in [2.75, 3.05) is 0 Å². The fraction of sp³-hybridized carbons (Fsp3) is 0.167. The van der Waals surface area contributed by atoms with Gasteiger partial charge in [-0.1, -0.05) is 60.7 Å². The molecule has 1 atom stereocenters. The Kier molecular flexibility index (Phi) is 3.42. The first-order chi connectivity index (χ1) is 11.3. The van der Waals surface area contributed by atoms with Gasteiger partial charge in [-0.2, -0.15) is 9.61 Å². The van der Waals surface area contributed by atoms with Crippen molar-refractivity contribution in [2.24, 2.45) is 0 Å². The molecule has 0 aliphatic carbocycles. The number of benzene rings is 2. The van der Waals surface area contributed by atoms with Crippen LogP contribution >= 0.6 is 11.3 Å². The maximum atomic E-state index is 12.6. The Morgan fingerprint density at radius 1 is 1.09 bits per heavy atom. The smallest absolute Gasteiger partial charge is 0.267 e. The topological polar surface area (TPSA) is 47.3 Å². The van der Waals surface area contributed by atoms with E-state index in [9.17, 15) is 4.79 Å². The Morgan fingerprint density at radius 2 is 1.83 bits per heavy atom. The molecule has 23 heavy (non-hydrogen) atoms. The highest BCUT2D eigenvalue weighted by molar-refractivity contribution is 7.16. The van der Waals surface area contributed by atoms with Gasteiger partial charge in [0.25, 0.3) is 5.56 Å². The van der Waals surface area contributed by atoms with E-state index in [0.717, 1.165) is 16.9 Å². The minimum Gasteiger partial charge on any atom is -0.267 e. The first-order valence-corrected chi connectivity index (χ1v) is 8.43. The van der Waals surface area contributed by atoms with E-state index in [-0.39, 0.29) is 11.5 Å². The summed E-state index contributed by atoms with van der Waals surface area (Å²) in [6, 6.07) is 17.7. The average Bonchev–Trinajstić information content (AvgIpc) is 3.01. The van der Waals surface area contributed by atoms with Crippen molar-refractivity contribution in [1.82, 2.24) is 14.6 Å². The highest BCUT2D eigenvalue weighted by atomic mass is 32.1. The van der Waals surface area contributed by atoms with Crippen molar-refractivity contribution in [3.05, 3.63) is 75.5 Å². The second-order valence-corrected chi connectivity index (χ2v) is 6.43. The molecule has 4 rings (SSSR count). The number of aromatic nitrogens is 3. The van der Waals surface area contributed by atoms with Gasteiger partial charge in [0.05, 0.1) is 10.9 Å². The third-order valence-electron chi connectivity index (χ3n) is 4.03. The minimum atomic E-state index is -0.101. The molecule has 0 amide bonds. The number of hydrogen-bond donors (Lipinski definition) is 0. The van der Waals surface area contributed by atoms with Gasteiger partial charge in [0.1, 0.15) is 5.01 Å². The fourth-order valence-electron chi connectivity index (χ4n) is 2.85. The van der Waals surface area contributed by atoms with Gasteiger partial charge in [-0.05, 0) is 24.1 Å². The van der Waals surface area contributed by atoms with Crippen molar-refractivity contribution in [3.8, 4) is 0 Å². The SMILES string of the molecule is CC[C@H](c1ccccc1)c1nn2c(=O)c3ccccc3nc2s1. The molecule has 0 bridgehead atoms. The molecule has 0 saturated carbocycles. The van der Waals surface area contributed by atoms with E-state index >= 15 is 0 Å². The summed E-state index contributed by atoms with van der Waals surface area (Å²) < 4.78 is 1.44. The zero-order chi connectivity index (χ0) is 15.8. The Bertz CT molecular complexity index is 1040. The van der Waals surface area contributed by atoms with Crippen LogP contribution in [0.15, 0.2) is 59.4 Å². The Balaban J connectivity index is 1.93. The van der Waals surface area contributed by atoms with Crippen molar-refractivity contribution < 1.29 is 0 Å². The Morgan fingerprint density at radius 3 is 2.61 bits per heavy atom. The Hall–Kier alpha value is -2.53. The molecular weight excluding hydrogens is 306 g/mol. The highest BCUT2D eigenvalue weighted by Crippen LogP contribution is 2.30. The number of para-hydroxylation sites is 1. The van der Waals surface area contributed by atoms with Crippen LogP contribution in [0.4, 0.5) is 0 Å². The summed E-state index contributed by atoms with van der Waals surface area (Å²) in [5.74, 6) is 0.186. The van der Waals surface area contributed by atoms with Gasteiger partial charge in [-0.25, -0.2) is 4.98 Å². The molecule has 0 saturated heterocycles. The molecular formula is C18H15N3OS. The lowest BCUT2D eigenvalue weighted by Gasteiger charge is -2.10. The van der Waals surface area contributed by atoms with Gasteiger partial charge in [-0.3, -0.25) is 4.79 Å². The maximum absolute atomic E-state index is 12.6. The van der Waals surface area contributed by atoms with E-state index in [2.05, 4.69) is 29.1 Å². The van der Waals surface area contributed by atoms with E-state index in [4.69, 9.17) is 0 Å². The minimum absolute atomic E-state index is 0.101. The lowest BCUT2D eigenvalue weighted by molar-refractivity contribution is 0.737. The van der Waals surface area contributed by atoms with E-state index < -0.39 is 0 Å². The predicted molar refractivity (Wildman–Crippen MR) is 93.2 cm³/mol. The third kappa shape index (κ3) is 2.33. The van der Waals surface area contributed by atoms with Crippen LogP contribution in [0.25, 0.3) is 15.9 Å². The third-order valence-corrected chi connectivity index (χ3v) is 5.05. The van der Waals surface area contributed by atoms with Gasteiger partial charge in [0.2, 0.25) is 4.96 Å². The quantitative estimate of drug-likeness (QED) is 0.576. The summed E-state index contributed by atoms with van der Waals surface area (Å²) in [4.78, 5) is 17.9. The van der Waals surface area contributed by atoms with Gasteiger partial charge >= 0.3 is 0 Å². The monoisotopic (exact) mass is 321 g/mol. The molecule has 0 aliphatic heterocycles. The van der Waals surface area contributed by atoms with E-state index in [1.165, 1.54) is 21.4 Å². The molecule has 0 N–H and O–H groups in total. The number of fused-ring (bicyclic) bond motifs is 2. The normalized spacial score (nSPS) is 12.7. The fourth-order valence-corrected chi connectivity index (χ4v) is 3.96. The summed E-state index contributed by atoms with van der Waals surface area (Å²) in [7, 11) is 0. The van der Waals surface area contributed by atoms with Gasteiger partial charge in [0, 0.05) is 5.92 Å². The summed E-state index contributed by atoms with van der Waals surface area (Å²) in [5.41, 5.74) is 1.84. The molecule has 0 unspecified atom stereocenters. The molecule has 0 fully saturated rings. The second-order valence-electron chi connectivity index (χ2n) is 5.44. The molecule has 4 nitrogen and oxygen atoms in total. The van der Waals surface area contributed by atoms with Crippen LogP contribution in [0.1, 0.15) is 29.8 Å². The predicted octanol–water partition coefficient (Wildman–Crippen LogP) is 3.85. The summed E-state index contributed by atoms with van der Waals surface area (Å²) in [6.07, 6.45) is 0.929. The molecule has 0 aliphatic rings. The Labute approximate surface area is 137 Å². The summed E-state index contributed by atoms with van der Waals surface area (Å²) in [5, 5.41) is 6.11. The van der Waals surface area contributed by atoms with Crippen molar-refractivity contribution in [3.63, 3.8) is 0 Å². The highest BCUT2D eigenvalue weighted by Gasteiger charge is 2.18. The number of hydrogen-bond acceptors (Lipinski definition) is 4. The second kappa shape index (κ2) is 5.59. The molecule has 0 radical (unpaired) electrons. The van der Waals surface area contributed by atoms with E-state index in [1.807, 2.05) is 36.4 Å². The lowest BCUT2D eigenvalue weighted by atomic mass is 9.97. The van der Waals surface area contributed by atoms with Crippen LogP contribution in [-0.4, -0.2) is 14.6 Å². The summed E-state index contributed by atoms with van der Waals surface area (Å²) in [6.45, 7) is 2.14. The zero-order valence-corrected chi connectivity index (χ0v) is 13.5. The molecule has 114 valence electrons. The standard InChI is InChI=1S/C18H15N3OS/c1-2-13(12-8-4-3-5-9-12)16-20-21-17(22)14-10-6-7-11-15(14)19-18(21)23-16/h3-11,13H,2H2,1H3/t13-/m1/s1. The average molecular weight is 321 g/mol. The molecule has 4 aromatic rings. The molecule has 5 heteroatoms. The van der Waals surface area contributed by atoms with Gasteiger partial charge in [0.15, 0.2) is 0 Å². The molecule has 2 aromatic carbocycles. The van der Waals surface area contributed by atoms with Crippen LogP contribution < -0.4 is 5.56 Å². The van der Waals surface area contributed by atoms with Crippen LogP contribution in [0.2, 0.25) is 0 Å². The largest absolute Gasteiger partial charge is 0.283 e. The van der Waals surface area contributed by atoms with Crippen LogP contribution in [0, 0.1) is 0 Å². The van der Waals surface area contributed by atoms with Gasteiger partial charge in [-0.15, -0.1) is 0 Å². The van der Waals surface area contributed by atoms with E-state index in [0.29, 0.717) is 10.3 Å². The number of nitrogens with zero attached hydrogens (tertiary/aromatic N) is 3. The van der Waals surface area contributed by atoms with Crippen molar-refractivity contribution in [1.29, 1.82) is 0 Å². The first kappa shape index (κ1) is 14.1. The summed E-state index contributed by atoms with van der Waals surface area (Å²) >= 11 is 1.49. The lowest BCUT2D eigenvalue weighted by Crippen LogP contribution is -2.15. The van der Waals surface area contributed by atoms with Crippen LogP contribution in [0.3, 0.4) is 0 Å². The first-order valence-electron chi connectivity index (χ1n) is 7.61. The van der Waals surface area contributed by atoms with Gasteiger partial charge < -0.3 is 0 Å². The molecule has 2 aromatic heterocycles. The van der Waals surface area contributed by atoms with Crippen LogP contribution in [-0.2, 0) is 0 Å². The van der Waals surface area contributed by atoms with Crippen LogP contribution in [0.5, 0.6) is 0 Å². The van der Waals surface area contributed by atoms with Crippen molar-refractivity contribution in [2.45, 2.75) is 19.3 Å². The maximum Gasteiger partial charge on any atom is 0.283 e. The number of rotatable bonds is 3. The zero-order valence-electron chi connectivity index (χ0n) is 12.6. The van der Waals surface area contributed by atoms with Crippen molar-refractivity contribution >= 4 is 27.2 Å².